The van der Waals surface area contributed by atoms with Gasteiger partial charge in [-0.15, -0.1) is 0 Å². The Balaban J connectivity index is 2.13. The van der Waals surface area contributed by atoms with E-state index in [-0.39, 0.29) is 17.2 Å². The summed E-state index contributed by atoms with van der Waals surface area (Å²) >= 11 is 0. The third-order valence-electron chi connectivity index (χ3n) is 2.50. The molecule has 0 saturated heterocycles. The lowest BCUT2D eigenvalue weighted by atomic mass is 9.93. The van der Waals surface area contributed by atoms with Crippen LogP contribution in [-0.2, 0) is 5.41 Å². The van der Waals surface area contributed by atoms with Crippen LogP contribution >= 0.6 is 0 Å². The number of hydrogen-bond acceptors (Lipinski definition) is 3. The van der Waals surface area contributed by atoms with Crippen molar-refractivity contribution < 1.29 is 9.21 Å². The van der Waals surface area contributed by atoms with Gasteiger partial charge in [-0.25, -0.2) is 4.98 Å². The van der Waals surface area contributed by atoms with E-state index in [1.807, 2.05) is 51.1 Å². The number of para-hydroxylation sites is 1. The average molecular weight is 244 g/mol. The van der Waals surface area contributed by atoms with Gasteiger partial charge >= 0.3 is 5.91 Å². The standard InChI is InChI=1S/C14H16N2O2/c1-14(2,3)11-9-18-13(16-11)12(17)15-10-7-5-4-6-8-10/h4-9H,1-3H3,(H,15,17). The van der Waals surface area contributed by atoms with Crippen LogP contribution in [0.2, 0.25) is 0 Å². The lowest BCUT2D eigenvalue weighted by Crippen LogP contribution is -2.15. The van der Waals surface area contributed by atoms with Gasteiger partial charge in [0.25, 0.3) is 5.89 Å². The fraction of sp³-hybridized carbons (Fsp3) is 0.286. The largest absolute Gasteiger partial charge is 0.441 e. The Bertz CT molecular complexity index is 538. The molecule has 1 aromatic carbocycles. The van der Waals surface area contributed by atoms with E-state index in [4.69, 9.17) is 4.42 Å². The van der Waals surface area contributed by atoms with Crippen LogP contribution in [0, 0.1) is 0 Å². The summed E-state index contributed by atoms with van der Waals surface area (Å²) < 4.78 is 5.20. The first-order valence-corrected chi connectivity index (χ1v) is 5.79. The topological polar surface area (TPSA) is 55.1 Å². The van der Waals surface area contributed by atoms with E-state index in [0.29, 0.717) is 0 Å². The van der Waals surface area contributed by atoms with Crippen LogP contribution in [-0.4, -0.2) is 10.9 Å². The summed E-state index contributed by atoms with van der Waals surface area (Å²) in [5, 5.41) is 2.73. The lowest BCUT2D eigenvalue weighted by molar-refractivity contribution is 0.0990. The van der Waals surface area contributed by atoms with Crippen molar-refractivity contribution in [1.82, 2.24) is 4.98 Å². The van der Waals surface area contributed by atoms with Crippen molar-refractivity contribution in [2.24, 2.45) is 0 Å². The number of hydrogen-bond donors (Lipinski definition) is 1. The minimum absolute atomic E-state index is 0.0868. The molecule has 1 N–H and O–H groups in total. The van der Waals surface area contributed by atoms with Gasteiger partial charge < -0.3 is 9.73 Å². The van der Waals surface area contributed by atoms with Crippen LogP contribution in [0.15, 0.2) is 41.0 Å². The van der Waals surface area contributed by atoms with Crippen LogP contribution in [0.25, 0.3) is 0 Å². The fourth-order valence-electron chi connectivity index (χ4n) is 1.43. The Kier molecular flexibility index (Phi) is 3.19. The average Bonchev–Trinajstić information content (AvgIpc) is 2.79. The Morgan fingerprint density at radius 2 is 1.89 bits per heavy atom. The Morgan fingerprint density at radius 3 is 2.44 bits per heavy atom. The molecule has 0 aliphatic carbocycles. The molecule has 4 heteroatoms. The van der Waals surface area contributed by atoms with Crippen molar-refractivity contribution in [3.63, 3.8) is 0 Å². The molecule has 1 amide bonds. The molecule has 0 saturated carbocycles. The molecule has 4 nitrogen and oxygen atoms in total. The number of nitrogens with one attached hydrogen (secondary N) is 1. The first-order chi connectivity index (χ1) is 8.47. The predicted molar refractivity (Wildman–Crippen MR) is 69.6 cm³/mol. The van der Waals surface area contributed by atoms with Crippen molar-refractivity contribution in [3.8, 4) is 0 Å². The van der Waals surface area contributed by atoms with Crippen LogP contribution < -0.4 is 5.32 Å². The van der Waals surface area contributed by atoms with E-state index in [1.165, 1.54) is 6.26 Å². The number of aromatic nitrogens is 1. The predicted octanol–water partition coefficient (Wildman–Crippen LogP) is 3.22. The zero-order chi connectivity index (χ0) is 13.2. The van der Waals surface area contributed by atoms with Crippen molar-refractivity contribution in [3.05, 3.63) is 48.2 Å². The van der Waals surface area contributed by atoms with Gasteiger partial charge in [-0.2, -0.15) is 0 Å². The smallest absolute Gasteiger partial charge is 0.311 e. The highest BCUT2D eigenvalue weighted by molar-refractivity contribution is 6.00. The summed E-state index contributed by atoms with van der Waals surface area (Å²) in [6.07, 6.45) is 1.53. The molecule has 0 radical (unpaired) electrons. The van der Waals surface area contributed by atoms with Crippen LogP contribution in [0.4, 0.5) is 5.69 Å². The molecule has 1 heterocycles. The molecule has 0 atom stereocenters. The van der Waals surface area contributed by atoms with Gasteiger partial charge in [0, 0.05) is 11.1 Å². The summed E-state index contributed by atoms with van der Waals surface area (Å²) in [5.74, 6) is -0.250. The number of oxazole rings is 1. The minimum Gasteiger partial charge on any atom is -0.441 e. The maximum Gasteiger partial charge on any atom is 0.311 e. The number of amides is 1. The van der Waals surface area contributed by atoms with Crippen molar-refractivity contribution in [1.29, 1.82) is 0 Å². The van der Waals surface area contributed by atoms with Crippen LogP contribution in [0.1, 0.15) is 37.2 Å². The lowest BCUT2D eigenvalue weighted by Gasteiger charge is -2.12. The third-order valence-corrected chi connectivity index (χ3v) is 2.50. The molecule has 0 aliphatic rings. The molecular weight excluding hydrogens is 228 g/mol. The molecule has 0 aliphatic heterocycles. The first-order valence-electron chi connectivity index (χ1n) is 5.79. The molecule has 94 valence electrons. The van der Waals surface area contributed by atoms with Gasteiger partial charge in [0.05, 0.1) is 5.69 Å². The Hall–Kier alpha value is -2.10. The maximum absolute atomic E-state index is 11.9. The molecule has 18 heavy (non-hydrogen) atoms. The number of anilines is 1. The second kappa shape index (κ2) is 4.64. The zero-order valence-corrected chi connectivity index (χ0v) is 10.7. The SMILES string of the molecule is CC(C)(C)c1coc(C(=O)Nc2ccccc2)n1. The number of nitrogens with zero attached hydrogens (tertiary/aromatic N) is 1. The van der Waals surface area contributed by atoms with E-state index >= 15 is 0 Å². The molecule has 0 fully saturated rings. The normalized spacial score (nSPS) is 11.3. The number of benzene rings is 1. The Morgan fingerprint density at radius 1 is 1.22 bits per heavy atom. The van der Waals surface area contributed by atoms with Crippen molar-refractivity contribution >= 4 is 11.6 Å². The van der Waals surface area contributed by atoms with E-state index in [2.05, 4.69) is 10.3 Å². The van der Waals surface area contributed by atoms with E-state index in [9.17, 15) is 4.79 Å². The molecule has 0 bridgehead atoms. The summed E-state index contributed by atoms with van der Waals surface area (Å²) in [6.45, 7) is 6.05. The summed E-state index contributed by atoms with van der Waals surface area (Å²) in [4.78, 5) is 16.1. The third kappa shape index (κ3) is 2.77. The van der Waals surface area contributed by atoms with Crippen molar-refractivity contribution in [2.45, 2.75) is 26.2 Å². The molecule has 1 aromatic heterocycles. The van der Waals surface area contributed by atoms with Gasteiger partial charge in [-0.3, -0.25) is 4.79 Å². The highest BCUT2D eigenvalue weighted by Gasteiger charge is 2.21. The van der Waals surface area contributed by atoms with E-state index in [1.54, 1.807) is 0 Å². The number of carbonyl (C=O) groups excluding carboxylic acids is 1. The fourth-order valence-corrected chi connectivity index (χ4v) is 1.43. The van der Waals surface area contributed by atoms with E-state index < -0.39 is 0 Å². The quantitative estimate of drug-likeness (QED) is 0.882. The van der Waals surface area contributed by atoms with E-state index in [0.717, 1.165) is 11.4 Å². The second-order valence-electron chi connectivity index (χ2n) is 5.11. The zero-order valence-electron chi connectivity index (χ0n) is 10.7. The van der Waals surface area contributed by atoms with Crippen LogP contribution in [0.3, 0.4) is 0 Å². The number of carbonyl (C=O) groups is 1. The van der Waals surface area contributed by atoms with Crippen molar-refractivity contribution in [2.75, 3.05) is 5.32 Å². The van der Waals surface area contributed by atoms with Gasteiger partial charge in [-0.1, -0.05) is 39.0 Å². The molecule has 2 rings (SSSR count). The summed E-state index contributed by atoms with van der Waals surface area (Å²) in [7, 11) is 0. The first kappa shape index (κ1) is 12.4. The molecule has 0 spiro atoms. The van der Waals surface area contributed by atoms with Gasteiger partial charge in [0.1, 0.15) is 6.26 Å². The monoisotopic (exact) mass is 244 g/mol. The summed E-state index contributed by atoms with van der Waals surface area (Å²) in [6, 6.07) is 9.22. The number of rotatable bonds is 2. The van der Waals surface area contributed by atoms with Gasteiger partial charge in [-0.05, 0) is 12.1 Å². The highest BCUT2D eigenvalue weighted by atomic mass is 16.4. The van der Waals surface area contributed by atoms with Crippen LogP contribution in [0.5, 0.6) is 0 Å². The maximum atomic E-state index is 11.9. The van der Waals surface area contributed by atoms with Gasteiger partial charge in [0.15, 0.2) is 0 Å². The summed E-state index contributed by atoms with van der Waals surface area (Å²) in [5.41, 5.74) is 1.35. The Labute approximate surface area is 106 Å². The molecule has 0 unspecified atom stereocenters. The van der Waals surface area contributed by atoms with Gasteiger partial charge in [0.2, 0.25) is 0 Å². The highest BCUT2D eigenvalue weighted by Crippen LogP contribution is 2.21. The molecule has 2 aromatic rings. The second-order valence-corrected chi connectivity index (χ2v) is 5.11. The molecular formula is C14H16N2O2. The minimum atomic E-state index is -0.336.